The Bertz CT molecular complexity index is 740. The Morgan fingerprint density at radius 1 is 1.29 bits per heavy atom. The zero-order valence-corrected chi connectivity index (χ0v) is 13.3. The molecule has 0 saturated carbocycles. The SMILES string of the molecule is O=C(CCCS(=O)(=O)c1ccc(F)c(Cl)c1)c1cccs1. The first-order valence-electron chi connectivity index (χ1n) is 6.14. The third kappa shape index (κ3) is 4.12. The highest BCUT2D eigenvalue weighted by molar-refractivity contribution is 7.91. The van der Waals surface area contributed by atoms with Crippen LogP contribution in [0.5, 0.6) is 0 Å². The molecule has 7 heteroatoms. The molecule has 2 aromatic rings. The molecular weight excluding hydrogens is 335 g/mol. The predicted molar refractivity (Wildman–Crippen MR) is 81.3 cm³/mol. The van der Waals surface area contributed by atoms with Crippen LogP contribution in [0, 0.1) is 5.82 Å². The average molecular weight is 347 g/mol. The van der Waals surface area contributed by atoms with Gasteiger partial charge >= 0.3 is 0 Å². The normalized spacial score (nSPS) is 11.5. The van der Waals surface area contributed by atoms with Crippen LogP contribution in [0.2, 0.25) is 5.02 Å². The van der Waals surface area contributed by atoms with Crippen molar-refractivity contribution in [3.8, 4) is 0 Å². The maximum Gasteiger partial charge on any atom is 0.178 e. The fourth-order valence-electron chi connectivity index (χ4n) is 1.77. The van der Waals surface area contributed by atoms with Gasteiger partial charge in [-0.2, -0.15) is 0 Å². The van der Waals surface area contributed by atoms with Gasteiger partial charge in [0.1, 0.15) is 5.82 Å². The highest BCUT2D eigenvalue weighted by atomic mass is 35.5. The van der Waals surface area contributed by atoms with Crippen molar-refractivity contribution >= 4 is 38.6 Å². The van der Waals surface area contributed by atoms with Gasteiger partial charge in [-0.3, -0.25) is 4.79 Å². The molecule has 21 heavy (non-hydrogen) atoms. The zero-order valence-electron chi connectivity index (χ0n) is 10.9. The van der Waals surface area contributed by atoms with Crippen LogP contribution in [-0.2, 0) is 9.84 Å². The smallest absolute Gasteiger partial charge is 0.178 e. The molecule has 0 radical (unpaired) electrons. The van der Waals surface area contributed by atoms with Gasteiger partial charge in [0.2, 0.25) is 0 Å². The molecule has 2 rings (SSSR count). The molecule has 3 nitrogen and oxygen atoms in total. The molecule has 0 bridgehead atoms. The summed E-state index contributed by atoms with van der Waals surface area (Å²) in [5.74, 6) is -0.910. The molecule has 0 aliphatic rings. The van der Waals surface area contributed by atoms with E-state index in [-0.39, 0.29) is 34.3 Å². The Balaban J connectivity index is 1.98. The fraction of sp³-hybridized carbons (Fsp3) is 0.214. The van der Waals surface area contributed by atoms with Crippen LogP contribution in [0.25, 0.3) is 0 Å². The van der Waals surface area contributed by atoms with E-state index >= 15 is 0 Å². The Kier molecular flexibility index (Phi) is 5.13. The van der Waals surface area contributed by atoms with Gasteiger partial charge in [-0.05, 0) is 36.1 Å². The number of thiophene rings is 1. The van der Waals surface area contributed by atoms with E-state index in [0.29, 0.717) is 4.88 Å². The van der Waals surface area contributed by atoms with Gasteiger partial charge in [-0.1, -0.05) is 17.7 Å². The molecule has 1 aromatic heterocycles. The van der Waals surface area contributed by atoms with Crippen molar-refractivity contribution in [2.75, 3.05) is 5.75 Å². The van der Waals surface area contributed by atoms with E-state index in [1.54, 1.807) is 17.5 Å². The van der Waals surface area contributed by atoms with E-state index in [0.717, 1.165) is 12.1 Å². The van der Waals surface area contributed by atoms with E-state index in [4.69, 9.17) is 11.6 Å². The van der Waals surface area contributed by atoms with Crippen molar-refractivity contribution in [3.63, 3.8) is 0 Å². The molecule has 0 unspecified atom stereocenters. The third-order valence-electron chi connectivity index (χ3n) is 2.86. The molecule has 0 atom stereocenters. The largest absolute Gasteiger partial charge is 0.293 e. The van der Waals surface area contributed by atoms with Gasteiger partial charge in [0.15, 0.2) is 15.6 Å². The molecule has 0 N–H and O–H groups in total. The van der Waals surface area contributed by atoms with E-state index < -0.39 is 15.7 Å². The molecule has 0 saturated heterocycles. The maximum absolute atomic E-state index is 13.0. The van der Waals surface area contributed by atoms with E-state index in [9.17, 15) is 17.6 Å². The molecule has 0 fully saturated rings. The monoisotopic (exact) mass is 346 g/mol. The third-order valence-corrected chi connectivity index (χ3v) is 5.86. The molecule has 0 aliphatic heterocycles. The summed E-state index contributed by atoms with van der Waals surface area (Å²) in [6.07, 6.45) is 0.378. The lowest BCUT2D eigenvalue weighted by Crippen LogP contribution is -2.09. The van der Waals surface area contributed by atoms with E-state index in [1.807, 2.05) is 0 Å². The second kappa shape index (κ2) is 6.68. The summed E-state index contributed by atoms with van der Waals surface area (Å²) in [6.45, 7) is 0. The highest BCUT2D eigenvalue weighted by Gasteiger charge is 2.17. The summed E-state index contributed by atoms with van der Waals surface area (Å²) < 4.78 is 37.2. The summed E-state index contributed by atoms with van der Waals surface area (Å²) in [7, 11) is -3.56. The predicted octanol–water partition coefficient (Wildman–Crippen LogP) is 3.98. The number of hydrogen-bond donors (Lipinski definition) is 0. The minimum atomic E-state index is -3.56. The molecular formula is C14H12ClFO3S2. The van der Waals surface area contributed by atoms with Crippen molar-refractivity contribution in [2.24, 2.45) is 0 Å². The molecule has 1 heterocycles. The van der Waals surface area contributed by atoms with Gasteiger partial charge in [-0.15, -0.1) is 11.3 Å². The van der Waals surface area contributed by atoms with Crippen molar-refractivity contribution in [1.82, 2.24) is 0 Å². The van der Waals surface area contributed by atoms with Gasteiger partial charge < -0.3 is 0 Å². The van der Waals surface area contributed by atoms with Gasteiger partial charge in [-0.25, -0.2) is 12.8 Å². The van der Waals surface area contributed by atoms with Gasteiger partial charge in [0.05, 0.1) is 20.5 Å². The van der Waals surface area contributed by atoms with E-state index in [1.165, 1.54) is 17.4 Å². The first kappa shape index (κ1) is 16.1. The number of carbonyl (C=O) groups excluding carboxylic acids is 1. The topological polar surface area (TPSA) is 51.2 Å². The Morgan fingerprint density at radius 2 is 2.05 bits per heavy atom. The van der Waals surface area contributed by atoms with Crippen LogP contribution < -0.4 is 0 Å². The second-order valence-corrected chi connectivity index (χ2v) is 7.86. The van der Waals surface area contributed by atoms with Gasteiger partial charge in [0, 0.05) is 6.42 Å². The minimum absolute atomic E-state index is 0.0301. The highest BCUT2D eigenvalue weighted by Crippen LogP contribution is 2.21. The number of ketones is 1. The zero-order chi connectivity index (χ0) is 15.5. The molecule has 112 valence electrons. The molecule has 0 amide bonds. The van der Waals surface area contributed by atoms with Crippen molar-refractivity contribution < 1.29 is 17.6 Å². The standard InChI is InChI=1S/C14H12ClFO3S2/c15-11-9-10(5-6-12(11)16)21(18,19)8-2-3-13(17)14-4-1-7-20-14/h1,4-7,9H,2-3,8H2. The molecule has 1 aromatic carbocycles. The van der Waals surface area contributed by atoms with Crippen LogP contribution in [0.4, 0.5) is 4.39 Å². The lowest BCUT2D eigenvalue weighted by atomic mass is 10.2. The van der Waals surface area contributed by atoms with Crippen LogP contribution in [0.15, 0.2) is 40.6 Å². The van der Waals surface area contributed by atoms with Crippen LogP contribution in [-0.4, -0.2) is 20.0 Å². The summed E-state index contributed by atoms with van der Waals surface area (Å²) in [4.78, 5) is 12.4. The second-order valence-electron chi connectivity index (χ2n) is 4.40. The lowest BCUT2D eigenvalue weighted by molar-refractivity contribution is 0.0986. The summed E-state index contributed by atoms with van der Waals surface area (Å²) in [5.41, 5.74) is 0. The molecule has 0 aliphatic carbocycles. The maximum atomic E-state index is 13.0. The van der Waals surface area contributed by atoms with Crippen molar-refractivity contribution in [1.29, 1.82) is 0 Å². The fourth-order valence-corrected chi connectivity index (χ4v) is 4.04. The number of carbonyl (C=O) groups is 1. The number of Topliss-reactive ketones (excluding diaryl/α,β-unsaturated/α-hetero) is 1. The average Bonchev–Trinajstić information content (AvgIpc) is 2.95. The lowest BCUT2D eigenvalue weighted by Gasteiger charge is -2.05. The van der Waals surface area contributed by atoms with Crippen LogP contribution in [0.1, 0.15) is 22.5 Å². The van der Waals surface area contributed by atoms with Crippen LogP contribution >= 0.6 is 22.9 Å². The summed E-state index contributed by atoms with van der Waals surface area (Å²) >= 11 is 6.91. The number of benzene rings is 1. The van der Waals surface area contributed by atoms with E-state index in [2.05, 4.69) is 0 Å². The van der Waals surface area contributed by atoms with Crippen molar-refractivity contribution in [3.05, 3.63) is 51.4 Å². The first-order chi connectivity index (χ1) is 9.90. The summed E-state index contributed by atoms with van der Waals surface area (Å²) in [5, 5.41) is 1.57. The number of sulfone groups is 1. The summed E-state index contributed by atoms with van der Waals surface area (Å²) in [6, 6.07) is 6.77. The van der Waals surface area contributed by atoms with Crippen molar-refractivity contribution in [2.45, 2.75) is 17.7 Å². The van der Waals surface area contributed by atoms with Gasteiger partial charge in [0.25, 0.3) is 0 Å². The number of hydrogen-bond acceptors (Lipinski definition) is 4. The first-order valence-corrected chi connectivity index (χ1v) is 9.05. The Morgan fingerprint density at radius 3 is 2.67 bits per heavy atom. The quantitative estimate of drug-likeness (QED) is 0.587. The minimum Gasteiger partial charge on any atom is -0.293 e. The number of halogens is 2. The Labute approximate surface area is 131 Å². The van der Waals surface area contributed by atoms with Crippen LogP contribution in [0.3, 0.4) is 0 Å². The molecule has 0 spiro atoms. The Hall–Kier alpha value is -1.24. The number of rotatable bonds is 6.